The molecule has 2 aromatic carbocycles. The lowest BCUT2D eigenvalue weighted by atomic mass is 9.98. The Balaban J connectivity index is 1.05. The van der Waals surface area contributed by atoms with Crippen molar-refractivity contribution < 1.29 is 33.9 Å². The summed E-state index contributed by atoms with van der Waals surface area (Å²) >= 11 is 0. The third-order valence-corrected chi connectivity index (χ3v) is 11.1. The second-order valence-corrected chi connectivity index (χ2v) is 14.5. The molecule has 4 aliphatic heterocycles. The van der Waals surface area contributed by atoms with E-state index in [1.807, 2.05) is 60.0 Å². The summed E-state index contributed by atoms with van der Waals surface area (Å²) in [4.78, 5) is 67.5. The van der Waals surface area contributed by atoms with E-state index in [0.29, 0.717) is 69.3 Å². The molecule has 0 unspecified atom stereocenters. The molecule has 4 heterocycles. The molecule has 1 atom stereocenters. The Labute approximate surface area is 305 Å². The highest BCUT2D eigenvalue weighted by molar-refractivity contribution is 5.91. The van der Waals surface area contributed by atoms with Crippen LogP contribution in [0.25, 0.3) is 0 Å². The molecule has 14 heteroatoms. The Morgan fingerprint density at radius 2 is 1.52 bits per heavy atom. The largest absolute Gasteiger partial charge is 0.507 e. The number of benzene rings is 2. The summed E-state index contributed by atoms with van der Waals surface area (Å²) in [5.41, 5.74) is 6.56. The number of likely N-dealkylation sites (tertiary alicyclic amines) is 2. The summed E-state index contributed by atoms with van der Waals surface area (Å²) in [6.45, 7) is 9.82. The summed E-state index contributed by atoms with van der Waals surface area (Å²) in [5.74, 6) is -0.150. The number of nitrogens with one attached hydrogen (secondary N) is 2. The maximum atomic E-state index is 14.1. The Morgan fingerprint density at radius 1 is 0.885 bits per heavy atom. The molecule has 2 aromatic rings. The van der Waals surface area contributed by atoms with E-state index in [1.165, 1.54) is 7.11 Å². The fourth-order valence-electron chi connectivity index (χ4n) is 8.14. The molecule has 14 nitrogen and oxygen atoms in total. The van der Waals surface area contributed by atoms with Crippen LogP contribution in [-0.2, 0) is 32.0 Å². The number of phenolic OH excluding ortho intramolecular Hbond substituents is 1. The maximum absolute atomic E-state index is 14.1. The van der Waals surface area contributed by atoms with Gasteiger partial charge in [0.25, 0.3) is 11.8 Å². The number of phenols is 1. The number of ether oxygens (including phenoxy) is 1. The van der Waals surface area contributed by atoms with Crippen LogP contribution in [0, 0.1) is 13.8 Å². The monoisotopic (exact) mass is 719 g/mol. The van der Waals surface area contributed by atoms with Crippen molar-refractivity contribution in [3.63, 3.8) is 0 Å². The second kappa shape index (κ2) is 17.0. The van der Waals surface area contributed by atoms with Gasteiger partial charge in [0.1, 0.15) is 5.75 Å². The van der Waals surface area contributed by atoms with E-state index in [0.717, 1.165) is 62.3 Å². The van der Waals surface area contributed by atoms with Crippen LogP contribution >= 0.6 is 0 Å². The number of piperazine rings is 1. The number of aryl methyl sites for hydroxylation is 2. The lowest BCUT2D eigenvalue weighted by Gasteiger charge is -2.43. The highest BCUT2D eigenvalue weighted by Crippen LogP contribution is 2.27. The van der Waals surface area contributed by atoms with E-state index < -0.39 is 12.2 Å². The zero-order valence-electron chi connectivity index (χ0n) is 30.6. The number of amides is 5. The standard InChI is InChI=1S/C38H53N7O7/c1-26-22-28(23-27(2)35(26)47)24-33(36(48)43-13-9-30(10-14-43)42-20-18-41(19-21-42)25-34(46)40-51-3)52-38(50)44-15-11-31(12-16-44)45-17-8-29-6-4-5-7-32(29)39-37(45)49/h4-7,22-23,30-31,33,47H,8-21,24-25H2,1-3H3,(H,39,49)(H,40,46)/t33-/m1/s1. The van der Waals surface area contributed by atoms with Crippen molar-refractivity contribution in [2.24, 2.45) is 0 Å². The lowest BCUT2D eigenvalue weighted by molar-refractivity contribution is -0.142. The van der Waals surface area contributed by atoms with Crippen molar-refractivity contribution in [1.82, 2.24) is 30.0 Å². The number of urea groups is 1. The van der Waals surface area contributed by atoms with Crippen LogP contribution in [0.2, 0.25) is 0 Å². The molecule has 6 rings (SSSR count). The third kappa shape index (κ3) is 8.96. The van der Waals surface area contributed by atoms with Crippen molar-refractivity contribution >= 4 is 29.6 Å². The topological polar surface area (TPSA) is 147 Å². The second-order valence-electron chi connectivity index (χ2n) is 14.5. The van der Waals surface area contributed by atoms with E-state index in [9.17, 15) is 24.3 Å². The molecule has 52 heavy (non-hydrogen) atoms. The third-order valence-electron chi connectivity index (χ3n) is 11.1. The molecule has 0 aliphatic carbocycles. The normalized spacial score (nSPS) is 20.1. The number of rotatable bonds is 9. The zero-order valence-corrected chi connectivity index (χ0v) is 30.6. The molecule has 0 spiro atoms. The van der Waals surface area contributed by atoms with E-state index in [-0.39, 0.29) is 36.1 Å². The van der Waals surface area contributed by atoms with Gasteiger partial charge in [-0.3, -0.25) is 24.2 Å². The van der Waals surface area contributed by atoms with Crippen molar-refractivity contribution in [2.75, 3.05) is 77.9 Å². The van der Waals surface area contributed by atoms with E-state index in [4.69, 9.17) is 9.57 Å². The number of carbonyl (C=O) groups excluding carboxylic acids is 4. The quantitative estimate of drug-likeness (QED) is 0.333. The number of carbonyl (C=O) groups is 4. The van der Waals surface area contributed by atoms with Gasteiger partial charge in [-0.2, -0.15) is 0 Å². The van der Waals surface area contributed by atoms with Gasteiger partial charge in [-0.1, -0.05) is 30.3 Å². The Bertz CT molecular complexity index is 1570. The predicted octanol–water partition coefficient (Wildman–Crippen LogP) is 2.90. The number of hydroxylamine groups is 1. The summed E-state index contributed by atoms with van der Waals surface area (Å²) in [7, 11) is 1.43. The number of aromatic hydroxyl groups is 1. The van der Waals surface area contributed by atoms with Crippen molar-refractivity contribution in [2.45, 2.75) is 70.6 Å². The van der Waals surface area contributed by atoms with E-state index in [2.05, 4.69) is 20.6 Å². The Hall–Kier alpha value is -4.40. The lowest BCUT2D eigenvalue weighted by Crippen LogP contribution is -2.56. The predicted molar refractivity (Wildman–Crippen MR) is 195 cm³/mol. The van der Waals surface area contributed by atoms with Crippen molar-refractivity contribution in [1.29, 1.82) is 0 Å². The van der Waals surface area contributed by atoms with Gasteiger partial charge in [0.05, 0.1) is 13.7 Å². The highest BCUT2D eigenvalue weighted by atomic mass is 16.6. The first-order chi connectivity index (χ1) is 25.1. The van der Waals surface area contributed by atoms with Gasteiger partial charge in [0.15, 0.2) is 6.10 Å². The molecule has 3 fully saturated rings. The van der Waals surface area contributed by atoms with Gasteiger partial charge in [-0.15, -0.1) is 0 Å². The number of hydrogen-bond donors (Lipinski definition) is 3. The molecule has 4 aliphatic rings. The Kier molecular flexibility index (Phi) is 12.2. The molecular weight excluding hydrogens is 666 g/mol. The van der Waals surface area contributed by atoms with Crippen LogP contribution in [0.3, 0.4) is 0 Å². The van der Waals surface area contributed by atoms with Gasteiger partial charge < -0.3 is 29.9 Å². The molecule has 0 radical (unpaired) electrons. The van der Waals surface area contributed by atoms with Crippen LogP contribution in [0.1, 0.15) is 47.9 Å². The fraction of sp³-hybridized carbons (Fsp3) is 0.579. The minimum absolute atomic E-state index is 0.00170. The molecule has 5 amide bonds. The van der Waals surface area contributed by atoms with Gasteiger partial charge in [-0.05, 0) is 74.3 Å². The number of para-hydroxylation sites is 1. The van der Waals surface area contributed by atoms with Crippen LogP contribution in [-0.4, -0.2) is 144 Å². The molecule has 0 saturated carbocycles. The van der Waals surface area contributed by atoms with Crippen LogP contribution in [0.4, 0.5) is 15.3 Å². The van der Waals surface area contributed by atoms with Gasteiger partial charge >= 0.3 is 12.1 Å². The minimum atomic E-state index is -1.01. The molecule has 0 bridgehead atoms. The summed E-state index contributed by atoms with van der Waals surface area (Å²) in [6, 6.07) is 11.8. The first kappa shape index (κ1) is 37.4. The Morgan fingerprint density at radius 3 is 2.19 bits per heavy atom. The number of piperidine rings is 2. The first-order valence-corrected chi connectivity index (χ1v) is 18.6. The number of nitrogens with zero attached hydrogens (tertiary/aromatic N) is 5. The van der Waals surface area contributed by atoms with E-state index in [1.54, 1.807) is 4.90 Å². The molecule has 0 aromatic heterocycles. The van der Waals surface area contributed by atoms with E-state index >= 15 is 0 Å². The molecule has 282 valence electrons. The van der Waals surface area contributed by atoms with Gasteiger partial charge in [0.2, 0.25) is 0 Å². The fourth-order valence-corrected chi connectivity index (χ4v) is 8.14. The molecular formula is C38H53N7O7. The first-order valence-electron chi connectivity index (χ1n) is 18.6. The molecule has 3 saturated heterocycles. The highest BCUT2D eigenvalue weighted by Gasteiger charge is 2.37. The van der Waals surface area contributed by atoms with Gasteiger partial charge in [0, 0.05) is 83.1 Å². The SMILES string of the molecule is CONC(=O)CN1CCN(C2CCN(C(=O)[C@@H](Cc3cc(C)c(O)c(C)c3)OC(=O)N3CCC(N4CCc5ccccc5NC4=O)CC3)CC2)CC1. The zero-order chi connectivity index (χ0) is 36.8. The summed E-state index contributed by atoms with van der Waals surface area (Å²) in [6.07, 6.45) is 2.31. The number of hydrogen-bond acceptors (Lipinski definition) is 9. The van der Waals surface area contributed by atoms with Crippen LogP contribution in [0.15, 0.2) is 36.4 Å². The smallest absolute Gasteiger partial charge is 0.410 e. The summed E-state index contributed by atoms with van der Waals surface area (Å²) < 4.78 is 6.07. The average molecular weight is 720 g/mol. The van der Waals surface area contributed by atoms with Gasteiger partial charge in [-0.25, -0.2) is 15.1 Å². The van der Waals surface area contributed by atoms with Crippen molar-refractivity contribution in [3.05, 3.63) is 58.7 Å². The minimum Gasteiger partial charge on any atom is -0.507 e. The van der Waals surface area contributed by atoms with Crippen LogP contribution in [0.5, 0.6) is 5.75 Å². The average Bonchev–Trinajstić information content (AvgIpc) is 3.31. The summed E-state index contributed by atoms with van der Waals surface area (Å²) in [5, 5.41) is 13.4. The number of anilines is 1. The van der Waals surface area contributed by atoms with Crippen LogP contribution < -0.4 is 10.8 Å². The number of fused-ring (bicyclic) bond motifs is 1. The molecule has 3 N–H and O–H groups in total. The maximum Gasteiger partial charge on any atom is 0.410 e. The van der Waals surface area contributed by atoms with Crippen molar-refractivity contribution in [3.8, 4) is 5.75 Å².